The van der Waals surface area contributed by atoms with Gasteiger partial charge in [-0.1, -0.05) is 22.9 Å². The standard InChI is InChI=1S/C26H23N3O4/c1-17-3-7-20(8-4-17)29-16-19(15-24(29)30)26-27-25(28-33-26)18-5-9-22(10-6-18)32-23-13-11-21(31-2)12-14-23/h3-14,19H,15-16H2,1-2H3/t19-/m1/s1. The van der Waals surface area contributed by atoms with Gasteiger partial charge < -0.3 is 18.9 Å². The summed E-state index contributed by atoms with van der Waals surface area (Å²) in [4.78, 5) is 18.9. The molecule has 0 aliphatic carbocycles. The Kier molecular flexibility index (Phi) is 5.52. The highest BCUT2D eigenvalue weighted by Crippen LogP contribution is 2.32. The molecule has 0 unspecified atom stereocenters. The summed E-state index contributed by atoms with van der Waals surface area (Å²) < 4.78 is 16.5. The lowest BCUT2D eigenvalue weighted by molar-refractivity contribution is -0.117. The Morgan fingerprint density at radius 1 is 0.909 bits per heavy atom. The van der Waals surface area contributed by atoms with Gasteiger partial charge in [-0.3, -0.25) is 4.79 Å². The number of carbonyl (C=O) groups is 1. The lowest BCUT2D eigenvalue weighted by atomic mass is 10.1. The van der Waals surface area contributed by atoms with E-state index < -0.39 is 0 Å². The number of hydrogen-bond acceptors (Lipinski definition) is 6. The number of ether oxygens (including phenoxy) is 2. The fourth-order valence-corrected chi connectivity index (χ4v) is 3.82. The topological polar surface area (TPSA) is 77.7 Å². The summed E-state index contributed by atoms with van der Waals surface area (Å²) in [6.45, 7) is 2.55. The largest absolute Gasteiger partial charge is 0.497 e. The maximum absolute atomic E-state index is 12.6. The zero-order valence-electron chi connectivity index (χ0n) is 18.4. The molecule has 1 fully saturated rings. The number of carbonyl (C=O) groups excluding carboxylic acids is 1. The first-order chi connectivity index (χ1) is 16.1. The zero-order valence-corrected chi connectivity index (χ0v) is 18.4. The second-order valence-electron chi connectivity index (χ2n) is 8.00. The maximum atomic E-state index is 12.6. The van der Waals surface area contributed by atoms with Gasteiger partial charge in [0.05, 0.1) is 13.0 Å². The van der Waals surface area contributed by atoms with Gasteiger partial charge in [0.25, 0.3) is 0 Å². The molecule has 0 saturated carbocycles. The predicted octanol–water partition coefficient (Wildman–Crippen LogP) is 5.37. The maximum Gasteiger partial charge on any atom is 0.232 e. The number of nitrogens with zero attached hydrogens (tertiary/aromatic N) is 3. The number of anilines is 1. The summed E-state index contributed by atoms with van der Waals surface area (Å²) in [6.07, 6.45) is 0.351. The van der Waals surface area contributed by atoms with Gasteiger partial charge in [0.15, 0.2) is 0 Å². The summed E-state index contributed by atoms with van der Waals surface area (Å²) in [5.41, 5.74) is 2.86. The van der Waals surface area contributed by atoms with E-state index in [1.54, 1.807) is 12.0 Å². The second-order valence-corrected chi connectivity index (χ2v) is 8.00. The number of aromatic nitrogens is 2. The molecular weight excluding hydrogens is 418 g/mol. The Hall–Kier alpha value is -4.13. The molecule has 0 bridgehead atoms. The van der Waals surface area contributed by atoms with Crippen molar-refractivity contribution < 1.29 is 18.8 Å². The highest BCUT2D eigenvalue weighted by atomic mass is 16.5. The molecule has 1 aliphatic rings. The fraction of sp³-hybridized carbons (Fsp3) is 0.192. The van der Waals surface area contributed by atoms with E-state index in [2.05, 4.69) is 10.1 Å². The molecule has 1 saturated heterocycles. The SMILES string of the molecule is COc1ccc(Oc2ccc(-c3noc([C@@H]4CC(=O)N(c5ccc(C)cc5)C4)n3)cc2)cc1. The molecule has 1 aliphatic heterocycles. The molecule has 1 amide bonds. The van der Waals surface area contributed by atoms with Crippen LogP contribution in [-0.2, 0) is 4.79 Å². The molecule has 2 heterocycles. The van der Waals surface area contributed by atoms with Crippen LogP contribution in [0.25, 0.3) is 11.4 Å². The van der Waals surface area contributed by atoms with E-state index in [-0.39, 0.29) is 11.8 Å². The summed E-state index contributed by atoms with van der Waals surface area (Å²) >= 11 is 0. The van der Waals surface area contributed by atoms with Crippen LogP contribution in [0.1, 0.15) is 23.8 Å². The van der Waals surface area contributed by atoms with Crippen LogP contribution in [0.3, 0.4) is 0 Å². The number of benzene rings is 3. The van der Waals surface area contributed by atoms with E-state index in [0.717, 1.165) is 28.3 Å². The van der Waals surface area contributed by atoms with Crippen molar-refractivity contribution in [2.24, 2.45) is 0 Å². The van der Waals surface area contributed by atoms with Crippen molar-refractivity contribution in [1.82, 2.24) is 10.1 Å². The third kappa shape index (κ3) is 4.43. The van der Waals surface area contributed by atoms with Crippen molar-refractivity contribution in [2.45, 2.75) is 19.3 Å². The Balaban J connectivity index is 1.26. The minimum atomic E-state index is -0.127. The molecular formula is C26H23N3O4. The first-order valence-corrected chi connectivity index (χ1v) is 10.7. The molecule has 5 rings (SSSR count). The Morgan fingerprint density at radius 2 is 1.55 bits per heavy atom. The summed E-state index contributed by atoms with van der Waals surface area (Å²) in [7, 11) is 1.63. The predicted molar refractivity (Wildman–Crippen MR) is 124 cm³/mol. The van der Waals surface area contributed by atoms with Gasteiger partial charge >= 0.3 is 0 Å². The Labute approximate surface area is 191 Å². The minimum Gasteiger partial charge on any atom is -0.497 e. The molecule has 3 aromatic carbocycles. The van der Waals surface area contributed by atoms with E-state index in [1.165, 1.54) is 0 Å². The van der Waals surface area contributed by atoms with Crippen LogP contribution in [0.4, 0.5) is 5.69 Å². The summed E-state index contributed by atoms with van der Waals surface area (Å²) in [5, 5.41) is 4.13. The quantitative estimate of drug-likeness (QED) is 0.401. The van der Waals surface area contributed by atoms with Crippen molar-refractivity contribution in [3.8, 4) is 28.6 Å². The van der Waals surface area contributed by atoms with Gasteiger partial charge in [-0.25, -0.2) is 0 Å². The zero-order chi connectivity index (χ0) is 22.8. The van der Waals surface area contributed by atoms with Crippen LogP contribution in [0.5, 0.6) is 17.2 Å². The molecule has 7 nitrogen and oxygen atoms in total. The third-order valence-electron chi connectivity index (χ3n) is 5.67. The molecule has 1 aromatic heterocycles. The molecule has 0 N–H and O–H groups in total. The molecule has 1 atom stereocenters. The number of rotatable bonds is 6. The average molecular weight is 441 g/mol. The molecule has 0 radical (unpaired) electrons. The Morgan fingerprint density at radius 3 is 2.21 bits per heavy atom. The van der Waals surface area contributed by atoms with Crippen molar-refractivity contribution in [3.05, 3.63) is 84.3 Å². The van der Waals surface area contributed by atoms with Crippen molar-refractivity contribution in [3.63, 3.8) is 0 Å². The first kappa shape index (κ1) is 20.8. The van der Waals surface area contributed by atoms with Crippen LogP contribution in [0.2, 0.25) is 0 Å². The smallest absolute Gasteiger partial charge is 0.232 e. The summed E-state index contributed by atoms with van der Waals surface area (Å²) in [5.74, 6) is 3.09. The van der Waals surface area contributed by atoms with Crippen LogP contribution in [0, 0.1) is 6.92 Å². The summed E-state index contributed by atoms with van der Waals surface area (Å²) in [6, 6.07) is 22.8. The lowest BCUT2D eigenvalue weighted by Gasteiger charge is -2.16. The normalized spacial score (nSPS) is 15.6. The van der Waals surface area contributed by atoms with Gasteiger partial charge in [-0.15, -0.1) is 0 Å². The van der Waals surface area contributed by atoms with Crippen LogP contribution < -0.4 is 14.4 Å². The van der Waals surface area contributed by atoms with E-state index in [4.69, 9.17) is 14.0 Å². The lowest BCUT2D eigenvalue weighted by Crippen LogP contribution is -2.24. The third-order valence-corrected chi connectivity index (χ3v) is 5.67. The van der Waals surface area contributed by atoms with E-state index >= 15 is 0 Å². The van der Waals surface area contributed by atoms with Gasteiger partial charge in [-0.2, -0.15) is 4.98 Å². The number of amides is 1. The highest BCUT2D eigenvalue weighted by molar-refractivity contribution is 5.96. The minimum absolute atomic E-state index is 0.0589. The average Bonchev–Trinajstić information content (AvgIpc) is 3.48. The number of aryl methyl sites for hydroxylation is 1. The molecule has 166 valence electrons. The van der Waals surface area contributed by atoms with Crippen LogP contribution >= 0.6 is 0 Å². The second kappa shape index (κ2) is 8.78. The number of hydrogen-bond donors (Lipinski definition) is 0. The van der Waals surface area contributed by atoms with E-state index in [0.29, 0.717) is 30.4 Å². The van der Waals surface area contributed by atoms with Gasteiger partial charge in [0.1, 0.15) is 17.2 Å². The molecule has 4 aromatic rings. The fourth-order valence-electron chi connectivity index (χ4n) is 3.82. The monoisotopic (exact) mass is 441 g/mol. The molecule has 33 heavy (non-hydrogen) atoms. The van der Waals surface area contributed by atoms with Crippen molar-refractivity contribution in [1.29, 1.82) is 0 Å². The number of methoxy groups -OCH3 is 1. The molecule has 7 heteroatoms. The van der Waals surface area contributed by atoms with E-state index in [9.17, 15) is 4.79 Å². The highest BCUT2D eigenvalue weighted by Gasteiger charge is 2.35. The van der Waals surface area contributed by atoms with Gasteiger partial charge in [-0.05, 0) is 67.6 Å². The van der Waals surface area contributed by atoms with Crippen molar-refractivity contribution >= 4 is 11.6 Å². The first-order valence-electron chi connectivity index (χ1n) is 10.7. The van der Waals surface area contributed by atoms with Crippen LogP contribution in [-0.4, -0.2) is 29.7 Å². The van der Waals surface area contributed by atoms with Crippen molar-refractivity contribution in [2.75, 3.05) is 18.6 Å². The Bertz CT molecular complexity index is 1250. The van der Waals surface area contributed by atoms with E-state index in [1.807, 2.05) is 79.7 Å². The van der Waals surface area contributed by atoms with Gasteiger partial charge in [0, 0.05) is 24.2 Å². The molecule has 0 spiro atoms. The van der Waals surface area contributed by atoms with Crippen LogP contribution in [0.15, 0.2) is 77.3 Å². The van der Waals surface area contributed by atoms with Gasteiger partial charge in [0.2, 0.25) is 17.6 Å².